The quantitative estimate of drug-likeness (QED) is 0.0538. The van der Waals surface area contributed by atoms with Crippen molar-refractivity contribution in [2.45, 2.75) is 78.6 Å². The average Bonchev–Trinajstić information content (AvgIpc) is 0.839. The van der Waals surface area contributed by atoms with E-state index in [4.69, 9.17) is 49.4 Å². The molecular weight excluding hydrogens is 1250 g/mol. The number of hydrogen-bond acceptors (Lipinski definition) is 12. The topological polar surface area (TPSA) is 111 Å². The van der Waals surface area contributed by atoms with Crippen LogP contribution in [0.3, 0.4) is 0 Å². The van der Waals surface area contributed by atoms with Crippen molar-refractivity contribution in [1.29, 1.82) is 0 Å². The summed E-state index contributed by atoms with van der Waals surface area (Å²) in [5, 5.41) is 3.33. The van der Waals surface area contributed by atoms with Gasteiger partial charge in [-0.3, -0.25) is 0 Å². The summed E-state index contributed by atoms with van der Waals surface area (Å²) >= 11 is 0. The first-order valence-corrected chi connectivity index (χ1v) is 56.3. The highest BCUT2D eigenvalue weighted by molar-refractivity contribution is 7.08. The van der Waals surface area contributed by atoms with Gasteiger partial charge in [-0.2, -0.15) is 0 Å². The monoisotopic (exact) mass is 1330 g/mol. The molecule has 0 aromatic heterocycles. The molecule has 0 bridgehead atoms. The second-order valence-electron chi connectivity index (χ2n) is 23.6. The van der Waals surface area contributed by atoms with Gasteiger partial charge in [-0.05, 0) is 78.6 Å². The zero-order chi connectivity index (χ0) is 61.4. The Balaban J connectivity index is 1.91. The molecule has 1 aliphatic heterocycles. The van der Waals surface area contributed by atoms with Gasteiger partial charge in [0.1, 0.15) is 0 Å². The maximum absolute atomic E-state index is 8.57. The van der Waals surface area contributed by atoms with Crippen LogP contribution < -0.4 is 31.1 Å². The molecule has 6 aromatic carbocycles. The van der Waals surface area contributed by atoms with Gasteiger partial charge in [0.05, 0.1) is 0 Å². The molecule has 1 aliphatic rings. The fourth-order valence-electron chi connectivity index (χ4n) is 8.68. The molecule has 0 radical (unpaired) electrons. The zero-order valence-corrected chi connectivity index (χ0v) is 62.9. The summed E-state index contributed by atoms with van der Waals surface area (Å²) in [4.78, 5) is 0. The van der Waals surface area contributed by atoms with Crippen LogP contribution in [0.25, 0.3) is 0 Å². The van der Waals surface area contributed by atoms with Crippen molar-refractivity contribution in [2.75, 3.05) is 0 Å². The molecule has 1 saturated heterocycles. The number of hydrogen-bond donors (Lipinski definition) is 0. The first-order chi connectivity index (χ1) is 39.5. The van der Waals surface area contributed by atoms with E-state index in [2.05, 4.69) is 118 Å². The molecule has 0 saturated carbocycles. The Morgan fingerprint density at radius 1 is 0.226 bits per heavy atom. The van der Waals surface area contributed by atoms with Gasteiger partial charge in [0.15, 0.2) is 0 Å². The van der Waals surface area contributed by atoms with Gasteiger partial charge < -0.3 is 49.4 Å². The molecule has 12 nitrogen and oxygen atoms in total. The second-order valence-corrected chi connectivity index (χ2v) is 65.2. The van der Waals surface area contributed by atoms with Crippen LogP contribution in [0, 0.1) is 0 Å². The molecule has 24 heteroatoms. The average molecular weight is 1330 g/mol. The molecule has 1 heterocycles. The minimum absolute atomic E-state index is 0.556. The molecule has 0 N–H and O–H groups in total. The van der Waals surface area contributed by atoms with Crippen LogP contribution in [-0.2, 0) is 49.4 Å². The van der Waals surface area contributed by atoms with Crippen molar-refractivity contribution in [3.05, 3.63) is 256 Å². The zero-order valence-electron chi connectivity index (χ0n) is 50.9. The van der Waals surface area contributed by atoms with Crippen molar-refractivity contribution >= 4 is 134 Å². The van der Waals surface area contributed by atoms with E-state index < -0.39 is 103 Å². The van der Waals surface area contributed by atoms with Crippen LogP contribution in [0.1, 0.15) is 0 Å². The number of rotatable bonds is 24. The van der Waals surface area contributed by atoms with Gasteiger partial charge >= 0.3 is 52.8 Å². The standard InChI is InChI=1S/C60H84O12Si12/c1-19-73(7,8)61-79(55-43-31-25-32-44-55)67-80(62-74(9,10)20-2,56-45-33-26-34-46-56)69-82(64-76(13,14)22-4,58-49-37-28-38-50-58)71-84(66-78(17,18)24-6,60-53-41-30-42-54-60)72-83(65-77(15,16)23-5,59-51-39-29-40-52-59)70-81(68-79,63-75(11,12)21-3)57-47-35-27-36-48-57/h19-54H,1-6H2,7-18H3. The molecule has 6 aromatic rings. The van der Waals surface area contributed by atoms with E-state index in [9.17, 15) is 0 Å². The van der Waals surface area contributed by atoms with Crippen molar-refractivity contribution in [1.82, 2.24) is 0 Å². The smallest absolute Gasteiger partial charge is 0.409 e. The first kappa shape index (κ1) is 67.4. The molecule has 0 unspecified atom stereocenters. The summed E-state index contributed by atoms with van der Waals surface area (Å²) in [6.45, 7) is 51.1. The van der Waals surface area contributed by atoms with Crippen LogP contribution in [0.4, 0.5) is 0 Å². The highest BCUT2D eigenvalue weighted by atomic mass is 28.6. The summed E-state index contributed by atoms with van der Waals surface area (Å²) in [6, 6.07) is 58.4. The van der Waals surface area contributed by atoms with Crippen LogP contribution in [0.5, 0.6) is 0 Å². The molecule has 1 fully saturated rings. The van der Waals surface area contributed by atoms with Crippen molar-refractivity contribution in [2.24, 2.45) is 0 Å². The lowest BCUT2D eigenvalue weighted by atomic mass is 10.4. The Hall–Kier alpha value is -4.12. The van der Waals surface area contributed by atoms with Crippen LogP contribution in [0.2, 0.25) is 78.6 Å². The van der Waals surface area contributed by atoms with Gasteiger partial charge in [-0.25, -0.2) is 0 Å². The minimum atomic E-state index is -4.99. The normalized spacial score (nSPS) is 25.0. The predicted octanol–water partition coefficient (Wildman–Crippen LogP) is 10.9. The summed E-state index contributed by atoms with van der Waals surface area (Å²) in [5.74, 6) is 0. The summed E-state index contributed by atoms with van der Waals surface area (Å²) in [5.41, 5.74) is 11.2. The summed E-state index contributed by atoms with van der Waals surface area (Å²) in [7, 11) is -49.2. The van der Waals surface area contributed by atoms with Gasteiger partial charge in [0, 0.05) is 31.1 Å². The number of benzene rings is 6. The lowest BCUT2D eigenvalue weighted by molar-refractivity contribution is 0.106. The highest BCUT2D eigenvalue weighted by Gasteiger charge is 2.74. The van der Waals surface area contributed by atoms with E-state index in [-0.39, 0.29) is 0 Å². The fraction of sp³-hybridized carbons (Fsp3) is 0.200. The van der Waals surface area contributed by atoms with Crippen LogP contribution in [0.15, 0.2) is 256 Å². The fourth-order valence-corrected chi connectivity index (χ4v) is 57.6. The lowest BCUT2D eigenvalue weighted by Crippen LogP contribution is -2.85. The van der Waals surface area contributed by atoms with E-state index >= 15 is 0 Å². The van der Waals surface area contributed by atoms with E-state index in [1.807, 2.05) is 216 Å². The minimum Gasteiger partial charge on any atom is -0.409 e. The summed E-state index contributed by atoms with van der Waals surface area (Å²) in [6.07, 6.45) is 0. The van der Waals surface area contributed by atoms with Gasteiger partial charge in [-0.15, -0.1) is 39.5 Å². The molecular formula is C60H84O12Si12. The summed E-state index contributed by atoms with van der Waals surface area (Å²) < 4.78 is 99.5. The third-order valence-corrected chi connectivity index (χ3v) is 57.8. The highest BCUT2D eigenvalue weighted by Crippen LogP contribution is 2.40. The van der Waals surface area contributed by atoms with Crippen molar-refractivity contribution in [3.63, 3.8) is 0 Å². The third kappa shape index (κ3) is 16.0. The Kier molecular flexibility index (Phi) is 21.4. The molecule has 84 heavy (non-hydrogen) atoms. The largest absolute Gasteiger partial charge is 0.512 e. The van der Waals surface area contributed by atoms with E-state index in [0.29, 0.717) is 31.1 Å². The first-order valence-electron chi connectivity index (χ1n) is 28.0. The molecule has 7 rings (SSSR count). The van der Waals surface area contributed by atoms with Gasteiger partial charge in [0.2, 0.25) is 49.9 Å². The van der Waals surface area contributed by atoms with Crippen LogP contribution >= 0.6 is 0 Å². The molecule has 0 spiro atoms. The van der Waals surface area contributed by atoms with Crippen LogP contribution in [-0.4, -0.2) is 103 Å². The van der Waals surface area contributed by atoms with Crippen molar-refractivity contribution < 1.29 is 49.4 Å². The molecule has 0 amide bonds. The van der Waals surface area contributed by atoms with E-state index in [1.165, 1.54) is 0 Å². The SMILES string of the molecule is C=C[Si](C)(C)O[Si]1(c2ccccc2)O[Si](O[Si](C)(C)C=C)(c2ccccc2)O[Si](O[Si](C)(C)C=C)(c2ccccc2)O[Si](O[Si](C)(C)C=C)(c2ccccc2)O[Si](O[Si](C)(C)C=C)(c2ccccc2)O[Si](O[Si](C)(C)C=C)(c2ccccc2)O1. The Labute approximate surface area is 513 Å². The lowest BCUT2D eigenvalue weighted by Gasteiger charge is -2.53. The Bertz CT molecular complexity index is 2630. The maximum Gasteiger partial charge on any atom is 0.512 e. The van der Waals surface area contributed by atoms with Gasteiger partial charge in [-0.1, -0.05) is 216 Å². The maximum atomic E-state index is 8.57. The third-order valence-electron chi connectivity index (χ3n) is 13.7. The Morgan fingerprint density at radius 2 is 0.333 bits per heavy atom. The Morgan fingerprint density at radius 3 is 0.429 bits per heavy atom. The molecule has 0 aliphatic carbocycles. The van der Waals surface area contributed by atoms with E-state index in [1.54, 1.807) is 0 Å². The molecule has 444 valence electrons. The van der Waals surface area contributed by atoms with E-state index in [0.717, 1.165) is 0 Å². The predicted molar refractivity (Wildman–Crippen MR) is 370 cm³/mol. The van der Waals surface area contributed by atoms with Crippen molar-refractivity contribution in [3.8, 4) is 0 Å². The molecule has 0 atom stereocenters. The van der Waals surface area contributed by atoms with Gasteiger partial charge in [0.25, 0.3) is 0 Å². The second kappa shape index (κ2) is 26.7.